The first-order valence-corrected chi connectivity index (χ1v) is 7.04. The van der Waals surface area contributed by atoms with Crippen molar-refractivity contribution in [1.82, 2.24) is 14.8 Å². The van der Waals surface area contributed by atoms with Crippen LogP contribution in [0.25, 0.3) is 0 Å². The minimum absolute atomic E-state index is 0.255. The molecule has 0 aliphatic carbocycles. The van der Waals surface area contributed by atoms with Gasteiger partial charge in [-0.25, -0.2) is 9.67 Å². The van der Waals surface area contributed by atoms with Gasteiger partial charge in [-0.05, 0) is 50.6 Å². The molecule has 0 bridgehead atoms. The SMILES string of the molecule is COc1ccc(OCc2ncnn2C(C)C)c(CCN)c1. The molecule has 2 aromatic rings. The quantitative estimate of drug-likeness (QED) is 0.843. The Morgan fingerprint density at radius 2 is 2.14 bits per heavy atom. The van der Waals surface area contributed by atoms with E-state index in [0.29, 0.717) is 13.2 Å². The summed E-state index contributed by atoms with van der Waals surface area (Å²) in [6.07, 6.45) is 2.29. The first-order chi connectivity index (χ1) is 10.2. The maximum Gasteiger partial charge on any atom is 0.165 e. The first kappa shape index (κ1) is 15.3. The standard InChI is InChI=1S/C15H22N4O2/c1-11(2)19-15(17-10-18-19)9-21-14-5-4-13(20-3)8-12(14)6-7-16/h4-5,8,10-11H,6-7,9,16H2,1-3H3. The van der Waals surface area contributed by atoms with Crippen molar-refractivity contribution in [3.63, 3.8) is 0 Å². The molecule has 0 radical (unpaired) electrons. The van der Waals surface area contributed by atoms with Gasteiger partial charge in [-0.2, -0.15) is 5.10 Å². The molecule has 1 heterocycles. The molecule has 114 valence electrons. The van der Waals surface area contributed by atoms with Gasteiger partial charge in [0.25, 0.3) is 0 Å². The van der Waals surface area contributed by atoms with Crippen molar-refractivity contribution in [1.29, 1.82) is 0 Å². The van der Waals surface area contributed by atoms with E-state index in [1.807, 2.05) is 22.9 Å². The molecule has 0 spiro atoms. The normalized spacial score (nSPS) is 10.9. The Bertz CT molecular complexity index is 581. The summed E-state index contributed by atoms with van der Waals surface area (Å²) >= 11 is 0. The van der Waals surface area contributed by atoms with Crippen LogP contribution in [0.4, 0.5) is 0 Å². The molecule has 2 rings (SSSR count). The summed E-state index contributed by atoms with van der Waals surface area (Å²) in [6.45, 7) is 5.06. The fourth-order valence-electron chi connectivity index (χ4n) is 2.13. The van der Waals surface area contributed by atoms with Crippen LogP contribution in [0.15, 0.2) is 24.5 Å². The molecular formula is C15H22N4O2. The molecule has 1 aromatic carbocycles. The van der Waals surface area contributed by atoms with E-state index < -0.39 is 0 Å². The van der Waals surface area contributed by atoms with E-state index in [1.54, 1.807) is 13.4 Å². The van der Waals surface area contributed by atoms with Gasteiger partial charge in [0.15, 0.2) is 5.82 Å². The molecular weight excluding hydrogens is 268 g/mol. The van der Waals surface area contributed by atoms with Crippen LogP contribution in [0.3, 0.4) is 0 Å². The zero-order valence-corrected chi connectivity index (χ0v) is 12.7. The zero-order valence-electron chi connectivity index (χ0n) is 12.7. The molecule has 0 fully saturated rings. The number of nitrogens with two attached hydrogens (primary N) is 1. The molecule has 0 aliphatic heterocycles. The number of hydrogen-bond donors (Lipinski definition) is 1. The van der Waals surface area contributed by atoms with E-state index in [1.165, 1.54) is 0 Å². The van der Waals surface area contributed by atoms with Gasteiger partial charge >= 0.3 is 0 Å². The third-order valence-corrected chi connectivity index (χ3v) is 3.17. The minimum atomic E-state index is 0.255. The second-order valence-corrected chi connectivity index (χ2v) is 5.02. The van der Waals surface area contributed by atoms with E-state index in [0.717, 1.165) is 29.3 Å². The number of ether oxygens (including phenoxy) is 2. The lowest BCUT2D eigenvalue weighted by atomic mass is 10.1. The van der Waals surface area contributed by atoms with Crippen molar-refractivity contribution in [2.24, 2.45) is 5.73 Å². The lowest BCUT2D eigenvalue weighted by Gasteiger charge is -2.14. The lowest BCUT2D eigenvalue weighted by molar-refractivity contribution is 0.279. The van der Waals surface area contributed by atoms with Crippen molar-refractivity contribution < 1.29 is 9.47 Å². The Morgan fingerprint density at radius 1 is 1.33 bits per heavy atom. The predicted molar refractivity (Wildman–Crippen MR) is 80.5 cm³/mol. The fraction of sp³-hybridized carbons (Fsp3) is 0.467. The highest BCUT2D eigenvalue weighted by atomic mass is 16.5. The van der Waals surface area contributed by atoms with Crippen LogP contribution < -0.4 is 15.2 Å². The van der Waals surface area contributed by atoms with E-state index in [2.05, 4.69) is 23.9 Å². The van der Waals surface area contributed by atoms with Crippen LogP contribution in [-0.4, -0.2) is 28.4 Å². The van der Waals surface area contributed by atoms with Crippen molar-refractivity contribution >= 4 is 0 Å². The monoisotopic (exact) mass is 290 g/mol. The summed E-state index contributed by atoms with van der Waals surface area (Å²) < 4.78 is 13.0. The molecule has 1 aromatic heterocycles. The molecule has 6 heteroatoms. The highest BCUT2D eigenvalue weighted by Gasteiger charge is 2.10. The third kappa shape index (κ3) is 3.72. The molecule has 2 N–H and O–H groups in total. The van der Waals surface area contributed by atoms with Gasteiger partial charge in [0.2, 0.25) is 0 Å². The van der Waals surface area contributed by atoms with Gasteiger partial charge in [-0.3, -0.25) is 0 Å². The lowest BCUT2D eigenvalue weighted by Crippen LogP contribution is -2.12. The summed E-state index contributed by atoms with van der Waals surface area (Å²) in [7, 11) is 1.65. The molecule has 0 unspecified atom stereocenters. The van der Waals surface area contributed by atoms with Crippen molar-refractivity contribution in [3.8, 4) is 11.5 Å². The van der Waals surface area contributed by atoms with Gasteiger partial charge in [0.05, 0.1) is 7.11 Å². The van der Waals surface area contributed by atoms with Crippen molar-refractivity contribution in [2.75, 3.05) is 13.7 Å². The summed E-state index contributed by atoms with van der Waals surface area (Å²) in [5.41, 5.74) is 6.69. The number of aromatic nitrogens is 3. The largest absolute Gasteiger partial charge is 0.497 e. The van der Waals surface area contributed by atoms with Crippen LogP contribution in [-0.2, 0) is 13.0 Å². The van der Waals surface area contributed by atoms with Gasteiger partial charge < -0.3 is 15.2 Å². The Labute approximate surface area is 124 Å². The van der Waals surface area contributed by atoms with E-state index in [9.17, 15) is 0 Å². The van der Waals surface area contributed by atoms with Crippen LogP contribution in [0, 0.1) is 0 Å². The number of benzene rings is 1. The fourth-order valence-corrected chi connectivity index (χ4v) is 2.13. The highest BCUT2D eigenvalue weighted by molar-refractivity contribution is 5.40. The Kier molecular flexibility index (Phi) is 5.16. The molecule has 0 saturated carbocycles. The Morgan fingerprint density at radius 3 is 2.81 bits per heavy atom. The van der Waals surface area contributed by atoms with E-state index >= 15 is 0 Å². The van der Waals surface area contributed by atoms with Crippen LogP contribution in [0.2, 0.25) is 0 Å². The third-order valence-electron chi connectivity index (χ3n) is 3.17. The highest BCUT2D eigenvalue weighted by Crippen LogP contribution is 2.25. The van der Waals surface area contributed by atoms with E-state index in [4.69, 9.17) is 15.2 Å². The van der Waals surface area contributed by atoms with Crippen molar-refractivity contribution in [2.45, 2.75) is 32.9 Å². The average molecular weight is 290 g/mol. The number of rotatable bonds is 7. The topological polar surface area (TPSA) is 75.2 Å². The van der Waals surface area contributed by atoms with Gasteiger partial charge in [-0.15, -0.1) is 0 Å². The molecule has 0 amide bonds. The molecule has 6 nitrogen and oxygen atoms in total. The zero-order chi connectivity index (χ0) is 15.2. The van der Waals surface area contributed by atoms with E-state index in [-0.39, 0.29) is 6.04 Å². The smallest absolute Gasteiger partial charge is 0.165 e. The molecule has 0 aliphatic rings. The number of hydrogen-bond acceptors (Lipinski definition) is 5. The Balaban J connectivity index is 2.13. The van der Waals surface area contributed by atoms with Crippen LogP contribution in [0.1, 0.15) is 31.3 Å². The number of nitrogens with zero attached hydrogens (tertiary/aromatic N) is 3. The van der Waals surface area contributed by atoms with Gasteiger partial charge in [0.1, 0.15) is 24.4 Å². The predicted octanol–water partition coefficient (Wildman–Crippen LogP) is 1.95. The summed E-state index contributed by atoms with van der Waals surface area (Å²) in [6, 6.07) is 5.99. The summed E-state index contributed by atoms with van der Waals surface area (Å²) in [5, 5.41) is 4.20. The second kappa shape index (κ2) is 7.08. The molecule has 0 atom stereocenters. The maximum atomic E-state index is 5.89. The first-order valence-electron chi connectivity index (χ1n) is 7.04. The maximum absolute atomic E-state index is 5.89. The summed E-state index contributed by atoms with van der Waals surface area (Å²) in [5.74, 6) is 2.41. The van der Waals surface area contributed by atoms with Crippen molar-refractivity contribution in [3.05, 3.63) is 35.9 Å². The molecule has 21 heavy (non-hydrogen) atoms. The van der Waals surface area contributed by atoms with Crippen LogP contribution in [0.5, 0.6) is 11.5 Å². The van der Waals surface area contributed by atoms with Gasteiger partial charge in [-0.1, -0.05) is 0 Å². The average Bonchev–Trinajstić information content (AvgIpc) is 2.95. The molecule has 0 saturated heterocycles. The Hall–Kier alpha value is -2.08. The van der Waals surface area contributed by atoms with Crippen LogP contribution >= 0.6 is 0 Å². The van der Waals surface area contributed by atoms with Gasteiger partial charge in [0, 0.05) is 6.04 Å². The minimum Gasteiger partial charge on any atom is -0.497 e. The number of methoxy groups -OCH3 is 1. The summed E-state index contributed by atoms with van der Waals surface area (Å²) in [4.78, 5) is 4.24. The second-order valence-electron chi connectivity index (χ2n) is 5.02.